The molecule has 0 aliphatic carbocycles. The van der Waals surface area contributed by atoms with E-state index in [0.29, 0.717) is 5.69 Å². The highest BCUT2D eigenvalue weighted by atomic mass is 79.9. The highest BCUT2D eigenvalue weighted by molar-refractivity contribution is 9.10. The zero-order chi connectivity index (χ0) is 15.9. The van der Waals surface area contributed by atoms with Crippen molar-refractivity contribution in [1.82, 2.24) is 14.6 Å². The molecule has 0 aliphatic heterocycles. The molecule has 1 aromatic carbocycles. The number of hydrogen-bond donors (Lipinski definition) is 2. The number of aromatic amines is 1. The van der Waals surface area contributed by atoms with Gasteiger partial charge in [-0.1, -0.05) is 28.1 Å². The lowest BCUT2D eigenvalue weighted by atomic mass is 10.1. The molecule has 0 bridgehead atoms. The van der Waals surface area contributed by atoms with Crippen LogP contribution in [-0.2, 0) is 6.42 Å². The molecular weight excluding hydrogens is 348 g/mol. The molecule has 0 amide bonds. The summed E-state index contributed by atoms with van der Waals surface area (Å²) in [7, 11) is 0. The molecule has 3 rings (SSSR count). The predicted octanol–water partition coefficient (Wildman–Crippen LogP) is 2.26. The number of aromatic hydroxyl groups is 1. The van der Waals surface area contributed by atoms with Crippen LogP contribution in [0.1, 0.15) is 22.4 Å². The molecule has 0 aliphatic rings. The number of benzene rings is 1. The molecule has 0 fully saturated rings. The van der Waals surface area contributed by atoms with Crippen molar-refractivity contribution in [3.8, 4) is 11.9 Å². The third-order valence-electron chi connectivity index (χ3n) is 3.44. The van der Waals surface area contributed by atoms with Crippen molar-refractivity contribution in [1.29, 1.82) is 5.26 Å². The minimum absolute atomic E-state index is 0.210. The van der Waals surface area contributed by atoms with E-state index in [-0.39, 0.29) is 29.1 Å². The van der Waals surface area contributed by atoms with Crippen LogP contribution < -0.4 is 5.56 Å². The molecular formula is C15H11BrN4O2. The van der Waals surface area contributed by atoms with Gasteiger partial charge in [-0.15, -0.1) is 0 Å². The Hall–Kier alpha value is -2.59. The number of nitrogens with zero attached hydrogens (tertiary/aromatic N) is 3. The van der Waals surface area contributed by atoms with Gasteiger partial charge in [0.1, 0.15) is 11.6 Å². The van der Waals surface area contributed by atoms with E-state index in [0.717, 1.165) is 10.0 Å². The number of nitrogens with one attached hydrogen (secondary N) is 1. The van der Waals surface area contributed by atoms with Gasteiger partial charge in [-0.05, 0) is 24.6 Å². The lowest BCUT2D eigenvalue weighted by Gasteiger charge is -2.06. The number of nitriles is 1. The summed E-state index contributed by atoms with van der Waals surface area (Å²) in [5.74, 6) is -0.244. The second-order valence-electron chi connectivity index (χ2n) is 4.89. The first kappa shape index (κ1) is 14.4. The number of hydrogen-bond acceptors (Lipinski definition) is 4. The standard InChI is InChI=1S/C15H11BrN4O2/c1-8-12(7-17)13-18-14(21)11(15(22)20(13)19-8)6-9-2-4-10(16)5-3-9/h2-5,22H,6H2,1H3,(H,18,21). The summed E-state index contributed by atoms with van der Waals surface area (Å²) in [5, 5.41) is 23.6. The Morgan fingerprint density at radius 1 is 1.41 bits per heavy atom. The van der Waals surface area contributed by atoms with Crippen molar-refractivity contribution in [3.63, 3.8) is 0 Å². The van der Waals surface area contributed by atoms with Gasteiger partial charge >= 0.3 is 0 Å². The fourth-order valence-electron chi connectivity index (χ4n) is 2.31. The van der Waals surface area contributed by atoms with Crippen LogP contribution in [-0.4, -0.2) is 19.7 Å². The maximum atomic E-state index is 12.2. The molecule has 0 radical (unpaired) electrons. The highest BCUT2D eigenvalue weighted by Gasteiger charge is 2.18. The maximum absolute atomic E-state index is 12.2. The Labute approximate surface area is 133 Å². The average Bonchev–Trinajstić information content (AvgIpc) is 2.81. The molecule has 2 heterocycles. The van der Waals surface area contributed by atoms with Crippen molar-refractivity contribution in [3.05, 3.63) is 61.5 Å². The van der Waals surface area contributed by atoms with Crippen molar-refractivity contribution in [2.45, 2.75) is 13.3 Å². The molecule has 110 valence electrons. The Bertz CT molecular complexity index is 964. The first-order valence-electron chi connectivity index (χ1n) is 6.49. The van der Waals surface area contributed by atoms with E-state index in [1.165, 1.54) is 4.52 Å². The SMILES string of the molecule is Cc1nn2c(O)c(Cc3ccc(Br)cc3)c(=O)[nH]c2c1C#N. The van der Waals surface area contributed by atoms with Crippen LogP contribution in [0.3, 0.4) is 0 Å². The number of aryl methyl sites for hydroxylation is 1. The van der Waals surface area contributed by atoms with Crippen LogP contribution >= 0.6 is 15.9 Å². The maximum Gasteiger partial charge on any atom is 0.258 e. The zero-order valence-corrected chi connectivity index (χ0v) is 13.2. The highest BCUT2D eigenvalue weighted by Crippen LogP contribution is 2.21. The van der Waals surface area contributed by atoms with Crippen LogP contribution in [0.15, 0.2) is 33.5 Å². The molecule has 22 heavy (non-hydrogen) atoms. The van der Waals surface area contributed by atoms with Crippen LogP contribution in [0.5, 0.6) is 5.88 Å². The normalized spacial score (nSPS) is 10.8. The quantitative estimate of drug-likeness (QED) is 0.734. The summed E-state index contributed by atoms with van der Waals surface area (Å²) in [6.07, 6.45) is 0.269. The molecule has 2 N–H and O–H groups in total. The first-order chi connectivity index (χ1) is 10.5. The Balaban J connectivity index is 2.17. The Morgan fingerprint density at radius 3 is 2.73 bits per heavy atom. The minimum Gasteiger partial charge on any atom is -0.493 e. The van der Waals surface area contributed by atoms with Crippen molar-refractivity contribution >= 4 is 21.6 Å². The van der Waals surface area contributed by atoms with Gasteiger partial charge in [0, 0.05) is 10.9 Å². The average molecular weight is 359 g/mol. The molecule has 0 spiro atoms. The van der Waals surface area contributed by atoms with Crippen LogP contribution in [0, 0.1) is 18.3 Å². The number of rotatable bonds is 2. The van der Waals surface area contributed by atoms with Crippen molar-refractivity contribution in [2.24, 2.45) is 0 Å². The Morgan fingerprint density at radius 2 is 2.09 bits per heavy atom. The van der Waals surface area contributed by atoms with E-state index in [2.05, 4.69) is 26.0 Å². The summed E-state index contributed by atoms with van der Waals surface area (Å²) in [6.45, 7) is 1.65. The summed E-state index contributed by atoms with van der Waals surface area (Å²) in [4.78, 5) is 14.9. The monoisotopic (exact) mass is 358 g/mol. The third kappa shape index (κ3) is 2.27. The van der Waals surface area contributed by atoms with Gasteiger partial charge in [0.2, 0.25) is 5.88 Å². The van der Waals surface area contributed by atoms with E-state index in [9.17, 15) is 9.90 Å². The first-order valence-corrected chi connectivity index (χ1v) is 7.28. The minimum atomic E-state index is -0.427. The second-order valence-corrected chi connectivity index (χ2v) is 5.81. The molecule has 7 heteroatoms. The lowest BCUT2D eigenvalue weighted by molar-refractivity contribution is 0.427. The fourth-order valence-corrected chi connectivity index (χ4v) is 2.57. The second kappa shape index (κ2) is 5.31. The fraction of sp³-hybridized carbons (Fsp3) is 0.133. The molecule has 6 nitrogen and oxygen atoms in total. The van der Waals surface area contributed by atoms with Gasteiger partial charge in [-0.25, -0.2) is 0 Å². The topological polar surface area (TPSA) is 94.2 Å². The van der Waals surface area contributed by atoms with Crippen LogP contribution in [0.25, 0.3) is 5.65 Å². The van der Waals surface area contributed by atoms with E-state index in [1.54, 1.807) is 6.92 Å². The molecule has 0 atom stereocenters. The summed E-state index contributed by atoms with van der Waals surface area (Å²) >= 11 is 3.35. The van der Waals surface area contributed by atoms with Gasteiger partial charge in [0.05, 0.1) is 11.3 Å². The Kier molecular flexibility index (Phi) is 3.47. The smallest absolute Gasteiger partial charge is 0.258 e. The van der Waals surface area contributed by atoms with Gasteiger partial charge in [0.15, 0.2) is 5.65 Å². The predicted molar refractivity (Wildman–Crippen MR) is 83.9 cm³/mol. The zero-order valence-electron chi connectivity index (χ0n) is 11.6. The summed E-state index contributed by atoms with van der Waals surface area (Å²) in [6, 6.07) is 9.44. The molecule has 0 saturated heterocycles. The van der Waals surface area contributed by atoms with E-state index < -0.39 is 5.56 Å². The van der Waals surface area contributed by atoms with E-state index in [4.69, 9.17) is 5.26 Å². The number of fused-ring (bicyclic) bond motifs is 1. The van der Waals surface area contributed by atoms with Crippen LogP contribution in [0.4, 0.5) is 0 Å². The van der Waals surface area contributed by atoms with Crippen LogP contribution in [0.2, 0.25) is 0 Å². The van der Waals surface area contributed by atoms with Gasteiger partial charge in [0.25, 0.3) is 5.56 Å². The van der Waals surface area contributed by atoms with Gasteiger partial charge in [-0.2, -0.15) is 14.9 Å². The van der Waals surface area contributed by atoms with E-state index >= 15 is 0 Å². The van der Waals surface area contributed by atoms with Crippen molar-refractivity contribution < 1.29 is 5.11 Å². The molecule has 2 aromatic heterocycles. The number of halogens is 1. The van der Waals surface area contributed by atoms with E-state index in [1.807, 2.05) is 30.3 Å². The third-order valence-corrected chi connectivity index (χ3v) is 3.97. The molecule has 0 unspecified atom stereocenters. The largest absolute Gasteiger partial charge is 0.493 e. The van der Waals surface area contributed by atoms with Crippen molar-refractivity contribution in [2.75, 3.05) is 0 Å². The lowest BCUT2D eigenvalue weighted by Crippen LogP contribution is -2.16. The number of aromatic nitrogens is 3. The van der Waals surface area contributed by atoms with Gasteiger partial charge in [-0.3, -0.25) is 4.79 Å². The summed E-state index contributed by atoms with van der Waals surface area (Å²) in [5.41, 5.74) is 1.58. The molecule has 3 aromatic rings. The molecule has 0 saturated carbocycles. The summed E-state index contributed by atoms with van der Waals surface area (Å²) < 4.78 is 2.13. The number of H-pyrrole nitrogens is 1. The van der Waals surface area contributed by atoms with Gasteiger partial charge < -0.3 is 10.1 Å².